The summed E-state index contributed by atoms with van der Waals surface area (Å²) in [7, 11) is 6.06. The zero-order valence-corrected chi connectivity index (χ0v) is 17.7. The largest absolute Gasteiger partial charge is 0.441 e. The van der Waals surface area contributed by atoms with Crippen molar-refractivity contribution in [3.8, 4) is 0 Å². The van der Waals surface area contributed by atoms with Gasteiger partial charge in [0, 0.05) is 64.9 Å². The van der Waals surface area contributed by atoms with Crippen LogP contribution in [0.1, 0.15) is 29.6 Å². The van der Waals surface area contributed by atoms with Crippen molar-refractivity contribution in [1.29, 1.82) is 0 Å². The Bertz CT molecular complexity index is 755. The fourth-order valence-corrected chi connectivity index (χ4v) is 4.66. The molecule has 4 heterocycles. The number of carbonyl (C=O) groups excluding carboxylic acids is 2. The van der Waals surface area contributed by atoms with Crippen LogP contribution < -0.4 is 0 Å². The van der Waals surface area contributed by atoms with Crippen molar-refractivity contribution in [1.82, 2.24) is 29.4 Å². The third-order valence-corrected chi connectivity index (χ3v) is 6.62. The molecular formula is C20H32N6O3. The highest BCUT2D eigenvalue weighted by Crippen LogP contribution is 2.33. The maximum absolute atomic E-state index is 12.6. The lowest BCUT2D eigenvalue weighted by molar-refractivity contribution is 0.00312. The van der Waals surface area contributed by atoms with Gasteiger partial charge >= 0.3 is 6.09 Å². The monoisotopic (exact) mass is 404 g/mol. The maximum atomic E-state index is 12.6. The van der Waals surface area contributed by atoms with Gasteiger partial charge in [-0.15, -0.1) is 0 Å². The van der Waals surface area contributed by atoms with Crippen LogP contribution in [0.5, 0.6) is 0 Å². The summed E-state index contributed by atoms with van der Waals surface area (Å²) in [5.74, 6) is -0.00129. The summed E-state index contributed by atoms with van der Waals surface area (Å²) in [6.45, 7) is 5.58. The molecule has 3 fully saturated rings. The minimum absolute atomic E-state index is 0.00129. The zero-order chi connectivity index (χ0) is 20.6. The van der Waals surface area contributed by atoms with Crippen molar-refractivity contribution >= 4 is 12.0 Å². The highest BCUT2D eigenvalue weighted by molar-refractivity contribution is 5.93. The van der Waals surface area contributed by atoms with Gasteiger partial charge in [0.05, 0.1) is 18.3 Å². The third-order valence-electron chi connectivity index (χ3n) is 6.62. The van der Waals surface area contributed by atoms with Crippen LogP contribution in [-0.4, -0.2) is 113 Å². The molecule has 0 N–H and O–H groups in total. The Morgan fingerprint density at radius 2 is 2.03 bits per heavy atom. The van der Waals surface area contributed by atoms with E-state index >= 15 is 0 Å². The number of hydrogen-bond donors (Lipinski definition) is 0. The molecule has 1 aromatic rings. The number of piperidine rings is 1. The minimum atomic E-state index is -0.444. The average Bonchev–Trinajstić information content (AvgIpc) is 3.40. The van der Waals surface area contributed by atoms with Crippen LogP contribution in [0.2, 0.25) is 0 Å². The van der Waals surface area contributed by atoms with Crippen LogP contribution in [0.25, 0.3) is 0 Å². The second-order valence-electron chi connectivity index (χ2n) is 8.87. The summed E-state index contributed by atoms with van der Waals surface area (Å²) in [4.78, 5) is 33.5. The lowest BCUT2D eigenvalue weighted by Gasteiger charge is -2.37. The molecule has 0 aliphatic carbocycles. The molecule has 0 unspecified atom stereocenters. The van der Waals surface area contributed by atoms with Gasteiger partial charge in [-0.2, -0.15) is 5.10 Å². The number of aromatic nitrogens is 2. The second-order valence-corrected chi connectivity index (χ2v) is 8.87. The quantitative estimate of drug-likeness (QED) is 0.711. The molecule has 3 aliphatic rings. The van der Waals surface area contributed by atoms with Crippen LogP contribution >= 0.6 is 0 Å². The van der Waals surface area contributed by atoms with Crippen molar-refractivity contribution in [2.45, 2.75) is 30.9 Å². The first kappa shape index (κ1) is 20.2. The Kier molecular flexibility index (Phi) is 5.52. The van der Waals surface area contributed by atoms with Gasteiger partial charge in [0.15, 0.2) is 0 Å². The van der Waals surface area contributed by atoms with Crippen molar-refractivity contribution in [3.63, 3.8) is 0 Å². The number of ether oxygens (including phenoxy) is 1. The van der Waals surface area contributed by atoms with E-state index in [1.807, 2.05) is 9.80 Å². The Morgan fingerprint density at radius 3 is 2.66 bits per heavy atom. The zero-order valence-electron chi connectivity index (χ0n) is 17.7. The van der Waals surface area contributed by atoms with E-state index in [1.165, 1.54) is 6.42 Å². The van der Waals surface area contributed by atoms with E-state index in [2.05, 4.69) is 29.0 Å². The van der Waals surface area contributed by atoms with E-state index in [9.17, 15) is 9.59 Å². The molecule has 1 spiro atoms. The van der Waals surface area contributed by atoms with E-state index in [-0.39, 0.29) is 12.0 Å². The normalized spacial score (nSPS) is 24.7. The SMILES string of the molecule is CN(C)[C@H]1CCN(CCN2CC3(CCN(C(=O)c4cnn(C)c4)CC3)OC2=O)C1. The molecule has 3 aliphatic heterocycles. The summed E-state index contributed by atoms with van der Waals surface area (Å²) in [6, 6.07) is 0.605. The molecule has 0 saturated carbocycles. The van der Waals surface area contributed by atoms with Gasteiger partial charge in [0.25, 0.3) is 5.91 Å². The smallest absolute Gasteiger partial charge is 0.410 e. The summed E-state index contributed by atoms with van der Waals surface area (Å²) in [5, 5.41) is 4.08. The fourth-order valence-electron chi connectivity index (χ4n) is 4.66. The number of likely N-dealkylation sites (N-methyl/N-ethyl adjacent to an activating group) is 1. The Morgan fingerprint density at radius 1 is 1.28 bits per heavy atom. The highest BCUT2D eigenvalue weighted by Gasteiger charge is 2.47. The van der Waals surface area contributed by atoms with Crippen LogP contribution in [0.3, 0.4) is 0 Å². The topological polar surface area (TPSA) is 74.2 Å². The number of likely N-dealkylation sites (tertiary alicyclic amines) is 2. The number of carbonyl (C=O) groups is 2. The van der Waals surface area contributed by atoms with Crippen molar-refractivity contribution < 1.29 is 14.3 Å². The number of aryl methyl sites for hydroxylation is 1. The minimum Gasteiger partial charge on any atom is -0.441 e. The number of hydrogen-bond acceptors (Lipinski definition) is 6. The standard InChI is InChI=1S/C20H32N6O3/c1-22(2)17-4-7-24(14-17)10-11-26-15-20(29-19(26)28)5-8-25(9-6-20)18(27)16-12-21-23(3)13-16/h12-13,17H,4-11,14-15H2,1-3H3/t17-/m0/s1. The predicted molar refractivity (Wildman–Crippen MR) is 108 cm³/mol. The molecule has 3 saturated heterocycles. The van der Waals surface area contributed by atoms with Gasteiger partial charge in [-0.05, 0) is 27.1 Å². The van der Waals surface area contributed by atoms with Gasteiger partial charge < -0.3 is 19.4 Å². The van der Waals surface area contributed by atoms with E-state index in [4.69, 9.17) is 4.74 Å². The molecule has 9 nitrogen and oxygen atoms in total. The van der Waals surface area contributed by atoms with Crippen LogP contribution in [0, 0.1) is 0 Å². The van der Waals surface area contributed by atoms with Crippen LogP contribution in [-0.2, 0) is 11.8 Å². The Balaban J connectivity index is 1.26. The van der Waals surface area contributed by atoms with Gasteiger partial charge in [0.1, 0.15) is 5.60 Å². The van der Waals surface area contributed by atoms with E-state index in [0.29, 0.717) is 50.6 Å². The van der Waals surface area contributed by atoms with Crippen LogP contribution in [0.15, 0.2) is 12.4 Å². The van der Waals surface area contributed by atoms with Crippen molar-refractivity contribution in [3.05, 3.63) is 18.0 Å². The fraction of sp³-hybridized carbons (Fsp3) is 0.750. The van der Waals surface area contributed by atoms with Gasteiger partial charge in [-0.1, -0.05) is 0 Å². The molecule has 0 aromatic carbocycles. The average molecular weight is 405 g/mol. The molecule has 1 aromatic heterocycles. The molecule has 4 rings (SSSR count). The summed E-state index contributed by atoms with van der Waals surface area (Å²) in [5.41, 5.74) is 0.162. The molecular weight excluding hydrogens is 372 g/mol. The van der Waals surface area contributed by atoms with Gasteiger partial charge in [-0.3, -0.25) is 14.4 Å². The second kappa shape index (κ2) is 7.95. The third kappa shape index (κ3) is 4.25. The van der Waals surface area contributed by atoms with Crippen LogP contribution in [0.4, 0.5) is 4.79 Å². The first-order valence-electron chi connectivity index (χ1n) is 10.5. The highest BCUT2D eigenvalue weighted by atomic mass is 16.6. The van der Waals surface area contributed by atoms with E-state index in [1.54, 1.807) is 24.1 Å². The summed E-state index contributed by atoms with van der Waals surface area (Å²) >= 11 is 0. The first-order chi connectivity index (χ1) is 13.8. The van der Waals surface area contributed by atoms with Crippen molar-refractivity contribution in [2.24, 2.45) is 7.05 Å². The van der Waals surface area contributed by atoms with E-state index in [0.717, 1.165) is 19.6 Å². The molecule has 1 atom stereocenters. The lowest BCUT2D eigenvalue weighted by Crippen LogP contribution is -2.49. The molecule has 9 heteroatoms. The Hall–Kier alpha value is -2.13. The first-order valence-corrected chi connectivity index (χ1v) is 10.5. The summed E-state index contributed by atoms with van der Waals surface area (Å²) in [6.07, 6.45) is 5.69. The van der Waals surface area contributed by atoms with Gasteiger partial charge in [-0.25, -0.2) is 4.79 Å². The number of amides is 2. The predicted octanol–water partition coefficient (Wildman–Crippen LogP) is 0.483. The van der Waals surface area contributed by atoms with Crippen molar-refractivity contribution in [2.75, 3.05) is 59.9 Å². The maximum Gasteiger partial charge on any atom is 0.410 e. The Labute approximate surface area is 172 Å². The molecule has 160 valence electrons. The molecule has 0 radical (unpaired) electrons. The number of rotatable bonds is 5. The lowest BCUT2D eigenvalue weighted by atomic mass is 9.91. The molecule has 2 amide bonds. The molecule has 0 bridgehead atoms. The van der Waals surface area contributed by atoms with E-state index < -0.39 is 5.60 Å². The summed E-state index contributed by atoms with van der Waals surface area (Å²) < 4.78 is 7.46. The van der Waals surface area contributed by atoms with Gasteiger partial charge in [0.2, 0.25) is 0 Å². The number of nitrogens with zero attached hydrogens (tertiary/aromatic N) is 6. The molecule has 29 heavy (non-hydrogen) atoms.